The van der Waals surface area contributed by atoms with Crippen LogP contribution < -0.4 is 10.1 Å². The van der Waals surface area contributed by atoms with Crippen molar-refractivity contribution in [2.75, 3.05) is 11.9 Å². The highest BCUT2D eigenvalue weighted by Crippen LogP contribution is 2.62. The van der Waals surface area contributed by atoms with Crippen LogP contribution in [0.4, 0.5) is 5.69 Å². The average molecular weight is 587 g/mol. The zero-order valence-corrected chi connectivity index (χ0v) is 23.8. The Morgan fingerprint density at radius 2 is 1.58 bits per heavy atom. The molecule has 7 rings (SSSR count). The number of halogens is 1. The van der Waals surface area contributed by atoms with E-state index in [1.807, 2.05) is 65.7 Å². The molecule has 6 nitrogen and oxygen atoms in total. The van der Waals surface area contributed by atoms with Crippen molar-refractivity contribution >= 4 is 40.8 Å². The molecule has 7 heteroatoms. The van der Waals surface area contributed by atoms with Gasteiger partial charge in [-0.1, -0.05) is 66.7 Å². The predicted octanol–water partition coefficient (Wildman–Crippen LogP) is 6.89. The third-order valence-corrected chi connectivity index (χ3v) is 9.01. The first kappa shape index (κ1) is 26.9. The van der Waals surface area contributed by atoms with E-state index in [1.165, 1.54) is 0 Å². The number of carbonyl (C=O) groups excluding carboxylic acids is 3. The molecule has 3 aliphatic rings. The van der Waals surface area contributed by atoms with Gasteiger partial charge in [0.05, 0.1) is 12.0 Å². The van der Waals surface area contributed by atoms with Crippen LogP contribution in [-0.2, 0) is 10.2 Å². The molecule has 43 heavy (non-hydrogen) atoms. The molecule has 3 aliphatic heterocycles. The van der Waals surface area contributed by atoms with Crippen LogP contribution in [0.1, 0.15) is 43.4 Å². The number of nitrogens with one attached hydrogen (secondary N) is 1. The first-order valence-corrected chi connectivity index (χ1v) is 14.5. The van der Waals surface area contributed by atoms with Crippen LogP contribution in [-0.4, -0.2) is 35.0 Å². The number of rotatable bonds is 7. The fourth-order valence-corrected chi connectivity index (χ4v) is 7.13. The number of nitrogens with zero attached hydrogens (tertiary/aromatic N) is 1. The largest absolute Gasteiger partial charge is 0.490 e. The second-order valence-corrected chi connectivity index (χ2v) is 11.4. The van der Waals surface area contributed by atoms with Gasteiger partial charge in [0.1, 0.15) is 23.8 Å². The van der Waals surface area contributed by atoms with Crippen molar-refractivity contribution in [3.05, 3.63) is 149 Å². The van der Waals surface area contributed by atoms with E-state index in [0.29, 0.717) is 39.8 Å². The van der Waals surface area contributed by atoms with E-state index in [9.17, 15) is 14.4 Å². The highest BCUT2D eigenvalue weighted by atomic mass is 35.5. The maximum absolute atomic E-state index is 14.9. The number of para-hydroxylation sites is 1. The summed E-state index contributed by atoms with van der Waals surface area (Å²) in [4.78, 5) is 45.9. The normalized spacial score (nSPS) is 22.9. The summed E-state index contributed by atoms with van der Waals surface area (Å²) in [6.45, 7) is 4.01. The van der Waals surface area contributed by atoms with Crippen LogP contribution in [0.5, 0.6) is 5.75 Å². The van der Waals surface area contributed by atoms with Crippen LogP contribution in [0.25, 0.3) is 6.08 Å². The van der Waals surface area contributed by atoms with Gasteiger partial charge in [-0.25, -0.2) is 0 Å². The molecule has 1 fully saturated rings. The molecule has 0 aromatic heterocycles. The van der Waals surface area contributed by atoms with Crippen molar-refractivity contribution in [1.82, 2.24) is 4.90 Å². The lowest BCUT2D eigenvalue weighted by Crippen LogP contribution is -2.49. The van der Waals surface area contributed by atoms with Crippen LogP contribution >= 0.6 is 11.6 Å². The molecule has 4 aromatic carbocycles. The SMILES string of the molecule is C=CCOc1ccc(C(=O)C2C(C(=O)c3ccc(Cl)cc3)N3C=Cc4ccccc4C3C23C(=O)Nc2ccccc23)cc1. The molecular formula is C36H27ClN2O4. The Labute approximate surface area is 254 Å². The molecule has 0 bridgehead atoms. The number of hydrogen-bond acceptors (Lipinski definition) is 5. The Bertz CT molecular complexity index is 1810. The molecule has 1 amide bonds. The van der Waals surface area contributed by atoms with Crippen molar-refractivity contribution in [1.29, 1.82) is 0 Å². The summed E-state index contributed by atoms with van der Waals surface area (Å²) in [6.07, 6.45) is 5.45. The van der Waals surface area contributed by atoms with Crippen LogP contribution in [0, 0.1) is 5.92 Å². The lowest BCUT2D eigenvalue weighted by molar-refractivity contribution is -0.122. The number of amides is 1. The number of Topliss-reactive ketones (excluding diaryl/α,β-unsaturated/α-hetero) is 2. The molecule has 212 valence electrons. The summed E-state index contributed by atoms with van der Waals surface area (Å²) < 4.78 is 5.64. The summed E-state index contributed by atoms with van der Waals surface area (Å²) >= 11 is 6.16. The predicted molar refractivity (Wildman–Crippen MR) is 166 cm³/mol. The third kappa shape index (κ3) is 4.05. The Balaban J connectivity index is 1.47. The first-order valence-electron chi connectivity index (χ1n) is 14.1. The summed E-state index contributed by atoms with van der Waals surface area (Å²) in [5.41, 5.74) is 2.58. The number of ether oxygens (including phenoxy) is 1. The number of anilines is 1. The van der Waals surface area contributed by atoms with Gasteiger partial charge in [0.15, 0.2) is 11.6 Å². The molecule has 4 unspecified atom stereocenters. The minimum Gasteiger partial charge on any atom is -0.490 e. The van der Waals surface area contributed by atoms with E-state index in [2.05, 4.69) is 11.9 Å². The Kier molecular flexibility index (Phi) is 6.51. The van der Waals surface area contributed by atoms with Gasteiger partial charge < -0.3 is 15.0 Å². The van der Waals surface area contributed by atoms with Crippen molar-refractivity contribution in [3.63, 3.8) is 0 Å². The lowest BCUT2D eigenvalue weighted by atomic mass is 9.62. The van der Waals surface area contributed by atoms with Gasteiger partial charge in [-0.3, -0.25) is 14.4 Å². The molecule has 0 saturated carbocycles. The zero-order valence-electron chi connectivity index (χ0n) is 23.1. The van der Waals surface area contributed by atoms with Gasteiger partial charge in [-0.05, 0) is 77.4 Å². The van der Waals surface area contributed by atoms with E-state index >= 15 is 0 Å². The highest BCUT2D eigenvalue weighted by Gasteiger charge is 2.70. The zero-order chi connectivity index (χ0) is 29.7. The second kappa shape index (κ2) is 10.4. The summed E-state index contributed by atoms with van der Waals surface area (Å²) in [5.74, 6) is -1.33. The Morgan fingerprint density at radius 1 is 0.907 bits per heavy atom. The summed E-state index contributed by atoms with van der Waals surface area (Å²) in [5, 5.41) is 3.57. The van der Waals surface area contributed by atoms with Crippen molar-refractivity contribution in [2.45, 2.75) is 17.5 Å². The van der Waals surface area contributed by atoms with Crippen LogP contribution in [0.2, 0.25) is 5.02 Å². The maximum atomic E-state index is 14.9. The third-order valence-electron chi connectivity index (χ3n) is 8.76. The average Bonchev–Trinajstić information content (AvgIpc) is 3.52. The first-order chi connectivity index (χ1) is 20.9. The molecule has 1 N–H and O–H groups in total. The van der Waals surface area contributed by atoms with E-state index in [0.717, 1.165) is 11.1 Å². The molecule has 1 spiro atoms. The fourth-order valence-electron chi connectivity index (χ4n) is 7.00. The van der Waals surface area contributed by atoms with E-state index in [1.54, 1.807) is 54.6 Å². The van der Waals surface area contributed by atoms with Gasteiger partial charge in [-0.15, -0.1) is 0 Å². The number of fused-ring (bicyclic) bond motifs is 6. The van der Waals surface area contributed by atoms with Crippen LogP contribution in [0.3, 0.4) is 0 Å². The monoisotopic (exact) mass is 586 g/mol. The summed E-state index contributed by atoms with van der Waals surface area (Å²) in [7, 11) is 0. The molecule has 3 heterocycles. The molecule has 0 aliphatic carbocycles. The quantitative estimate of drug-likeness (QED) is 0.189. The fraction of sp³-hybridized carbons (Fsp3) is 0.139. The summed E-state index contributed by atoms with van der Waals surface area (Å²) in [6, 6.07) is 27.2. The number of carbonyl (C=O) groups is 3. The smallest absolute Gasteiger partial charge is 0.238 e. The Morgan fingerprint density at radius 3 is 2.35 bits per heavy atom. The van der Waals surface area contributed by atoms with Crippen molar-refractivity contribution in [3.8, 4) is 5.75 Å². The van der Waals surface area contributed by atoms with E-state index in [4.69, 9.17) is 16.3 Å². The second-order valence-electron chi connectivity index (χ2n) is 10.9. The maximum Gasteiger partial charge on any atom is 0.238 e. The van der Waals surface area contributed by atoms with Gasteiger partial charge in [-0.2, -0.15) is 0 Å². The topological polar surface area (TPSA) is 75.7 Å². The van der Waals surface area contributed by atoms with Gasteiger partial charge in [0.2, 0.25) is 5.91 Å². The highest BCUT2D eigenvalue weighted by molar-refractivity contribution is 6.30. The molecule has 0 radical (unpaired) electrons. The standard InChI is InChI=1S/C36H27ClN2O4/c1-2-21-43-26-17-13-23(14-18-26)32(40)30-31(33(41)24-11-15-25(37)16-12-24)39-20-19-22-7-3-4-8-27(22)34(39)36(30)28-9-5-6-10-29(28)38-35(36)42/h2-20,30-31,34H,1,21H2,(H,38,42). The lowest BCUT2D eigenvalue weighted by Gasteiger charge is -2.38. The number of hydrogen-bond donors (Lipinski definition) is 1. The number of ketones is 2. The number of benzene rings is 4. The molecule has 4 atom stereocenters. The Hall–Kier alpha value is -4.94. The van der Waals surface area contributed by atoms with Crippen molar-refractivity contribution < 1.29 is 19.1 Å². The van der Waals surface area contributed by atoms with Gasteiger partial charge in [0.25, 0.3) is 0 Å². The van der Waals surface area contributed by atoms with Gasteiger partial charge in [0, 0.05) is 28.0 Å². The molecular weight excluding hydrogens is 560 g/mol. The van der Waals surface area contributed by atoms with Crippen LogP contribution in [0.15, 0.2) is 116 Å². The minimum absolute atomic E-state index is 0.260. The molecule has 4 aromatic rings. The van der Waals surface area contributed by atoms with E-state index in [-0.39, 0.29) is 17.5 Å². The van der Waals surface area contributed by atoms with Crippen molar-refractivity contribution in [2.24, 2.45) is 5.92 Å². The van der Waals surface area contributed by atoms with E-state index < -0.39 is 23.4 Å². The minimum atomic E-state index is -1.39. The van der Waals surface area contributed by atoms with Gasteiger partial charge >= 0.3 is 0 Å². The molecule has 1 saturated heterocycles.